The molecule has 0 bridgehead atoms. The lowest BCUT2D eigenvalue weighted by molar-refractivity contribution is -0.167. The Morgan fingerprint density at radius 1 is 1.13 bits per heavy atom. The van der Waals surface area contributed by atoms with Crippen molar-refractivity contribution < 1.29 is 41.0 Å². The van der Waals surface area contributed by atoms with Crippen molar-refractivity contribution in [2.45, 2.75) is 12.8 Å². The molecule has 2 aromatic rings. The number of para-hydroxylation sites is 1. The maximum atomic E-state index is 12.5. The number of anilines is 1. The van der Waals surface area contributed by atoms with E-state index in [9.17, 15) is 31.5 Å². The van der Waals surface area contributed by atoms with Gasteiger partial charge in [0.05, 0.1) is 5.56 Å². The molecule has 1 heterocycles. The summed E-state index contributed by atoms with van der Waals surface area (Å²) in [6.45, 7) is -3.10. The molecule has 2 aromatic carbocycles. The van der Waals surface area contributed by atoms with E-state index >= 15 is 0 Å². The van der Waals surface area contributed by atoms with E-state index in [-0.39, 0.29) is 34.2 Å². The first-order chi connectivity index (χ1) is 14.1. The number of carbonyl (C=O) groups is 2. The Bertz CT molecular complexity index is 1050. The van der Waals surface area contributed by atoms with Crippen LogP contribution in [-0.4, -0.2) is 30.6 Å². The molecule has 156 valence electrons. The average molecular weight is 426 g/mol. The summed E-state index contributed by atoms with van der Waals surface area (Å²) < 4.78 is 71.6. The highest BCUT2D eigenvalue weighted by Crippen LogP contribution is 2.27. The number of esters is 1. The van der Waals surface area contributed by atoms with Crippen LogP contribution in [-0.2, 0) is 14.3 Å². The summed E-state index contributed by atoms with van der Waals surface area (Å²) in [5.74, 6) is -3.58. The number of benzene rings is 2. The predicted molar refractivity (Wildman–Crippen MR) is 94.8 cm³/mol. The van der Waals surface area contributed by atoms with Crippen LogP contribution in [0, 0.1) is 0 Å². The number of cyclic esters (lactones) is 1. The average Bonchev–Trinajstić information content (AvgIpc) is 3.01. The zero-order valence-corrected chi connectivity index (χ0v) is 14.7. The fourth-order valence-corrected chi connectivity index (χ4v) is 2.43. The highest BCUT2D eigenvalue weighted by atomic mass is 19.4. The van der Waals surface area contributed by atoms with Crippen molar-refractivity contribution in [1.29, 1.82) is 0 Å². The molecule has 0 radical (unpaired) electrons. The fourth-order valence-electron chi connectivity index (χ4n) is 2.43. The molecule has 0 fully saturated rings. The Morgan fingerprint density at radius 3 is 2.57 bits per heavy atom. The molecule has 0 saturated carbocycles. The Labute approximate surface area is 165 Å². The van der Waals surface area contributed by atoms with Crippen molar-refractivity contribution in [1.82, 2.24) is 0 Å². The van der Waals surface area contributed by atoms with Crippen molar-refractivity contribution >= 4 is 29.5 Å². The second-order valence-electron chi connectivity index (χ2n) is 5.79. The summed E-state index contributed by atoms with van der Waals surface area (Å²) in [5.41, 5.74) is -0.126. The smallest absolute Gasteiger partial charge is 0.434 e. The zero-order chi connectivity index (χ0) is 21.9. The van der Waals surface area contributed by atoms with E-state index in [4.69, 9.17) is 4.74 Å². The lowest BCUT2D eigenvalue weighted by Gasteiger charge is -2.08. The number of nitrogens with zero attached hydrogens (tertiary/aromatic N) is 1. The third kappa shape index (κ3) is 4.99. The van der Waals surface area contributed by atoms with E-state index in [1.807, 2.05) is 0 Å². The van der Waals surface area contributed by atoms with Gasteiger partial charge in [0.1, 0.15) is 5.75 Å². The number of amides is 1. The van der Waals surface area contributed by atoms with E-state index in [1.165, 1.54) is 54.6 Å². The predicted octanol–water partition coefficient (Wildman–Crippen LogP) is 4.13. The van der Waals surface area contributed by atoms with E-state index in [0.717, 1.165) is 0 Å². The fraction of sp³-hybridized carbons (Fsp3) is 0.105. The minimum Gasteiger partial charge on any atom is -0.434 e. The highest BCUT2D eigenvalue weighted by Gasteiger charge is 2.38. The SMILES string of the molecule is O=C1OC(c2ccccc2OC(F)F)=N/C1=C\c1cccc(NC(=O)C(F)(F)F)c1. The number of alkyl halides is 5. The molecule has 0 saturated heterocycles. The maximum Gasteiger partial charge on any atom is 0.471 e. The van der Waals surface area contributed by atoms with Crippen LogP contribution in [0.15, 0.2) is 59.2 Å². The van der Waals surface area contributed by atoms with E-state index in [0.29, 0.717) is 0 Å². The molecule has 11 heteroatoms. The normalized spacial score (nSPS) is 15.2. The monoisotopic (exact) mass is 426 g/mol. The number of halogens is 5. The lowest BCUT2D eigenvalue weighted by atomic mass is 10.1. The van der Waals surface area contributed by atoms with Crippen LogP contribution in [0.4, 0.5) is 27.6 Å². The van der Waals surface area contributed by atoms with Gasteiger partial charge < -0.3 is 14.8 Å². The van der Waals surface area contributed by atoms with Crippen molar-refractivity contribution in [3.63, 3.8) is 0 Å². The number of carbonyl (C=O) groups excluding carboxylic acids is 2. The molecule has 6 nitrogen and oxygen atoms in total. The summed E-state index contributed by atoms with van der Waals surface area (Å²) >= 11 is 0. The Morgan fingerprint density at radius 2 is 1.87 bits per heavy atom. The second kappa shape index (κ2) is 8.31. The van der Waals surface area contributed by atoms with E-state index in [2.05, 4.69) is 9.73 Å². The van der Waals surface area contributed by atoms with Crippen LogP contribution >= 0.6 is 0 Å². The van der Waals surface area contributed by atoms with Crippen LogP contribution in [0.5, 0.6) is 5.75 Å². The second-order valence-corrected chi connectivity index (χ2v) is 5.79. The summed E-state index contributed by atoms with van der Waals surface area (Å²) in [5, 5.41) is 1.69. The Balaban J connectivity index is 1.87. The van der Waals surface area contributed by atoms with E-state index < -0.39 is 24.7 Å². The molecule has 1 amide bonds. The summed E-state index contributed by atoms with van der Waals surface area (Å²) in [6, 6.07) is 10.8. The van der Waals surface area contributed by atoms with Gasteiger partial charge in [0.15, 0.2) is 5.70 Å². The summed E-state index contributed by atoms with van der Waals surface area (Å²) in [4.78, 5) is 27.1. The highest BCUT2D eigenvalue weighted by molar-refractivity contribution is 6.13. The topological polar surface area (TPSA) is 77.0 Å². The molecule has 1 aliphatic heterocycles. The summed E-state index contributed by atoms with van der Waals surface area (Å²) in [7, 11) is 0. The van der Waals surface area contributed by atoms with Crippen molar-refractivity contribution in [2.75, 3.05) is 5.32 Å². The van der Waals surface area contributed by atoms with E-state index in [1.54, 1.807) is 5.32 Å². The van der Waals surface area contributed by atoms with Gasteiger partial charge >= 0.3 is 24.7 Å². The number of nitrogens with one attached hydrogen (secondary N) is 1. The summed E-state index contributed by atoms with van der Waals surface area (Å²) in [6.07, 6.45) is -3.86. The zero-order valence-electron chi connectivity index (χ0n) is 14.7. The maximum absolute atomic E-state index is 12.5. The minimum absolute atomic E-state index is 0.0146. The van der Waals surface area contributed by atoms with Gasteiger partial charge in [-0.3, -0.25) is 4.79 Å². The Kier molecular flexibility index (Phi) is 5.81. The van der Waals surface area contributed by atoms with Crippen LogP contribution in [0.1, 0.15) is 11.1 Å². The number of hydrogen-bond acceptors (Lipinski definition) is 5. The number of aliphatic imine (C=N–C) groups is 1. The third-order valence-electron chi connectivity index (χ3n) is 3.66. The van der Waals surface area contributed by atoms with Crippen LogP contribution in [0.2, 0.25) is 0 Å². The van der Waals surface area contributed by atoms with Gasteiger partial charge in [-0.15, -0.1) is 0 Å². The number of hydrogen-bond donors (Lipinski definition) is 1. The molecule has 3 rings (SSSR count). The number of ether oxygens (including phenoxy) is 2. The van der Waals surface area contributed by atoms with Crippen molar-refractivity contribution in [2.24, 2.45) is 4.99 Å². The van der Waals surface area contributed by atoms with Crippen LogP contribution in [0.3, 0.4) is 0 Å². The minimum atomic E-state index is -5.06. The number of rotatable bonds is 5. The molecule has 0 unspecified atom stereocenters. The largest absolute Gasteiger partial charge is 0.471 e. The third-order valence-corrected chi connectivity index (χ3v) is 3.66. The van der Waals surface area contributed by atoms with Gasteiger partial charge in [0.2, 0.25) is 5.90 Å². The quantitative estimate of drug-likeness (QED) is 0.443. The standard InChI is InChI=1S/C19H11F5N2O4/c20-18(21)29-14-7-2-1-6-12(14)15-26-13(16(27)30-15)9-10-4-3-5-11(8-10)25-17(28)19(22,23)24/h1-9,18H,(H,25,28)/b13-9-. The van der Waals surface area contributed by atoms with Gasteiger partial charge in [-0.05, 0) is 35.9 Å². The molecule has 0 aliphatic carbocycles. The molecule has 0 atom stereocenters. The molecular weight excluding hydrogens is 415 g/mol. The van der Waals surface area contributed by atoms with Crippen LogP contribution < -0.4 is 10.1 Å². The van der Waals surface area contributed by atoms with Crippen LogP contribution in [0.25, 0.3) is 6.08 Å². The molecule has 1 N–H and O–H groups in total. The molecule has 1 aliphatic rings. The molecule has 0 spiro atoms. The van der Waals surface area contributed by atoms with Crippen molar-refractivity contribution in [3.8, 4) is 5.75 Å². The van der Waals surface area contributed by atoms with Gasteiger partial charge in [-0.2, -0.15) is 22.0 Å². The first kappa shape index (κ1) is 21.0. The van der Waals surface area contributed by atoms with Gasteiger partial charge in [-0.1, -0.05) is 24.3 Å². The van der Waals surface area contributed by atoms with Gasteiger partial charge in [0.25, 0.3) is 0 Å². The lowest BCUT2D eigenvalue weighted by Crippen LogP contribution is -2.29. The Hall–Kier alpha value is -3.76. The molecular formula is C19H11F5N2O4. The first-order valence-electron chi connectivity index (χ1n) is 8.18. The van der Waals surface area contributed by atoms with Gasteiger partial charge in [-0.25, -0.2) is 9.79 Å². The van der Waals surface area contributed by atoms with Crippen molar-refractivity contribution in [3.05, 3.63) is 65.4 Å². The molecule has 30 heavy (non-hydrogen) atoms. The molecule has 0 aromatic heterocycles. The first-order valence-corrected chi connectivity index (χ1v) is 8.18. The van der Waals surface area contributed by atoms with Gasteiger partial charge in [0, 0.05) is 5.69 Å².